The number of hydrogen-bond acceptors (Lipinski definition) is 6. The molecule has 4 aromatic rings. The van der Waals surface area contributed by atoms with Crippen LogP contribution in [0.1, 0.15) is 32.3 Å². The van der Waals surface area contributed by atoms with E-state index in [2.05, 4.69) is 10.1 Å². The third kappa shape index (κ3) is 4.43. The van der Waals surface area contributed by atoms with Gasteiger partial charge >= 0.3 is 0 Å². The zero-order valence-electron chi connectivity index (χ0n) is 18.2. The third-order valence-corrected chi connectivity index (χ3v) is 5.57. The Labute approximate surface area is 190 Å². The molecule has 1 aliphatic heterocycles. The van der Waals surface area contributed by atoms with Gasteiger partial charge in [-0.25, -0.2) is 4.98 Å². The molecule has 3 aromatic heterocycles. The highest BCUT2D eigenvalue weighted by Gasteiger charge is 2.27. The van der Waals surface area contributed by atoms with Crippen molar-refractivity contribution in [3.8, 4) is 5.75 Å². The van der Waals surface area contributed by atoms with Gasteiger partial charge in [0.2, 0.25) is 5.76 Å². The summed E-state index contributed by atoms with van der Waals surface area (Å²) in [7, 11) is 0. The molecular formula is C24H23N5O4. The van der Waals surface area contributed by atoms with Gasteiger partial charge in [0.1, 0.15) is 18.0 Å². The number of amides is 2. The van der Waals surface area contributed by atoms with Crippen molar-refractivity contribution in [2.75, 3.05) is 26.2 Å². The summed E-state index contributed by atoms with van der Waals surface area (Å²) in [6.07, 6.45) is 3.86. The van der Waals surface area contributed by atoms with Gasteiger partial charge < -0.3 is 23.5 Å². The van der Waals surface area contributed by atoms with E-state index in [1.807, 2.05) is 41.1 Å². The molecule has 1 aromatic carbocycles. The van der Waals surface area contributed by atoms with Gasteiger partial charge in [0, 0.05) is 50.2 Å². The Morgan fingerprint density at radius 2 is 1.79 bits per heavy atom. The van der Waals surface area contributed by atoms with Crippen LogP contribution in [0.15, 0.2) is 65.4 Å². The lowest BCUT2D eigenvalue weighted by atomic mass is 10.1. The molecule has 33 heavy (non-hydrogen) atoms. The predicted octanol–water partition coefficient (Wildman–Crippen LogP) is 2.81. The van der Waals surface area contributed by atoms with Crippen molar-refractivity contribution >= 4 is 17.5 Å². The first kappa shape index (κ1) is 20.7. The molecule has 5 rings (SSSR count). The number of nitrogens with zero attached hydrogens (tertiary/aromatic N) is 5. The quantitative estimate of drug-likeness (QED) is 0.469. The SMILES string of the molecule is Cc1cc(C(=O)N2CCN(C(=O)c3cccc(OCc4cn5ccccc5n4)c3)CC2)on1. The lowest BCUT2D eigenvalue weighted by Crippen LogP contribution is -2.50. The highest BCUT2D eigenvalue weighted by atomic mass is 16.5. The Morgan fingerprint density at radius 3 is 2.52 bits per heavy atom. The van der Waals surface area contributed by atoms with Crippen LogP contribution < -0.4 is 4.74 Å². The Morgan fingerprint density at radius 1 is 1.00 bits per heavy atom. The van der Waals surface area contributed by atoms with Crippen molar-refractivity contribution in [1.29, 1.82) is 0 Å². The summed E-state index contributed by atoms with van der Waals surface area (Å²) >= 11 is 0. The van der Waals surface area contributed by atoms with Crippen LogP contribution in [0.3, 0.4) is 0 Å². The van der Waals surface area contributed by atoms with Crippen LogP contribution in [-0.2, 0) is 6.61 Å². The molecular weight excluding hydrogens is 422 g/mol. The van der Waals surface area contributed by atoms with Crippen molar-refractivity contribution < 1.29 is 18.8 Å². The fourth-order valence-electron chi connectivity index (χ4n) is 3.85. The minimum Gasteiger partial charge on any atom is -0.487 e. The van der Waals surface area contributed by atoms with Crippen molar-refractivity contribution in [1.82, 2.24) is 24.3 Å². The highest BCUT2D eigenvalue weighted by Crippen LogP contribution is 2.18. The molecule has 9 nitrogen and oxygen atoms in total. The van der Waals surface area contributed by atoms with Gasteiger partial charge in [0.05, 0.1) is 11.4 Å². The van der Waals surface area contributed by atoms with Gasteiger partial charge in [0.15, 0.2) is 0 Å². The normalized spacial score (nSPS) is 14.0. The summed E-state index contributed by atoms with van der Waals surface area (Å²) in [5.74, 6) is 0.538. The first-order valence-corrected chi connectivity index (χ1v) is 10.7. The van der Waals surface area contributed by atoms with E-state index in [0.29, 0.717) is 49.8 Å². The fraction of sp³-hybridized carbons (Fsp3) is 0.250. The van der Waals surface area contributed by atoms with Gasteiger partial charge in [-0.1, -0.05) is 17.3 Å². The van der Waals surface area contributed by atoms with Crippen LogP contribution in [0.25, 0.3) is 5.65 Å². The van der Waals surface area contributed by atoms with Gasteiger partial charge in [-0.2, -0.15) is 0 Å². The monoisotopic (exact) mass is 445 g/mol. The number of aromatic nitrogens is 3. The second-order valence-electron chi connectivity index (χ2n) is 7.93. The number of benzene rings is 1. The molecule has 0 unspecified atom stereocenters. The second kappa shape index (κ2) is 8.78. The van der Waals surface area contributed by atoms with E-state index in [4.69, 9.17) is 9.26 Å². The molecule has 2 amide bonds. The molecule has 0 aliphatic carbocycles. The molecule has 0 N–H and O–H groups in total. The molecule has 9 heteroatoms. The molecule has 0 bridgehead atoms. The zero-order valence-corrected chi connectivity index (χ0v) is 18.2. The number of carbonyl (C=O) groups excluding carboxylic acids is 2. The summed E-state index contributed by atoms with van der Waals surface area (Å²) in [6.45, 7) is 3.85. The largest absolute Gasteiger partial charge is 0.487 e. The Bertz CT molecular complexity index is 1270. The van der Waals surface area contributed by atoms with Crippen molar-refractivity contribution in [3.05, 3.63) is 83.6 Å². The standard InChI is InChI=1S/C24H23N5O4/c1-17-13-21(33-26-17)24(31)28-11-9-27(10-12-28)23(30)18-5-4-6-20(14-18)32-16-19-15-29-8-3-2-7-22(29)25-19/h2-8,13-15H,9-12,16H2,1H3. The number of pyridine rings is 1. The number of imidazole rings is 1. The van der Waals surface area contributed by atoms with Gasteiger partial charge in [-0.15, -0.1) is 0 Å². The van der Waals surface area contributed by atoms with E-state index in [1.54, 1.807) is 41.0 Å². The summed E-state index contributed by atoms with van der Waals surface area (Å²) in [5.41, 5.74) is 2.88. The predicted molar refractivity (Wildman–Crippen MR) is 119 cm³/mol. The molecule has 0 atom stereocenters. The molecule has 1 aliphatic rings. The van der Waals surface area contributed by atoms with Crippen molar-refractivity contribution in [2.24, 2.45) is 0 Å². The van der Waals surface area contributed by atoms with Crippen LogP contribution in [0.5, 0.6) is 5.75 Å². The molecule has 1 saturated heterocycles. The minimum atomic E-state index is -0.204. The van der Waals surface area contributed by atoms with Crippen LogP contribution in [0, 0.1) is 6.92 Å². The highest BCUT2D eigenvalue weighted by molar-refractivity contribution is 5.95. The lowest BCUT2D eigenvalue weighted by Gasteiger charge is -2.34. The fourth-order valence-corrected chi connectivity index (χ4v) is 3.85. The first-order chi connectivity index (χ1) is 16.1. The van der Waals surface area contributed by atoms with E-state index in [1.165, 1.54) is 0 Å². The molecule has 0 saturated carbocycles. The average Bonchev–Trinajstić information content (AvgIpc) is 3.48. The van der Waals surface area contributed by atoms with Gasteiger partial charge in [-0.05, 0) is 37.3 Å². The average molecular weight is 445 g/mol. The first-order valence-electron chi connectivity index (χ1n) is 10.7. The zero-order chi connectivity index (χ0) is 22.8. The topological polar surface area (TPSA) is 93.2 Å². The van der Waals surface area contributed by atoms with Crippen LogP contribution in [0.2, 0.25) is 0 Å². The number of piperazine rings is 1. The molecule has 168 valence electrons. The van der Waals surface area contributed by atoms with Crippen molar-refractivity contribution in [3.63, 3.8) is 0 Å². The van der Waals surface area contributed by atoms with Crippen LogP contribution in [-0.4, -0.2) is 62.3 Å². The van der Waals surface area contributed by atoms with E-state index >= 15 is 0 Å². The van der Waals surface area contributed by atoms with E-state index in [9.17, 15) is 9.59 Å². The second-order valence-corrected chi connectivity index (χ2v) is 7.93. The molecule has 0 radical (unpaired) electrons. The molecule has 1 fully saturated rings. The Balaban J connectivity index is 1.19. The van der Waals surface area contributed by atoms with Gasteiger partial charge in [0.25, 0.3) is 11.8 Å². The maximum absolute atomic E-state index is 13.0. The molecule has 0 spiro atoms. The van der Waals surface area contributed by atoms with E-state index in [0.717, 1.165) is 11.3 Å². The van der Waals surface area contributed by atoms with E-state index in [-0.39, 0.29) is 17.6 Å². The number of ether oxygens (including phenoxy) is 1. The van der Waals surface area contributed by atoms with Crippen LogP contribution >= 0.6 is 0 Å². The number of rotatable bonds is 5. The number of carbonyl (C=O) groups is 2. The number of fused-ring (bicyclic) bond motifs is 1. The molecule has 4 heterocycles. The maximum Gasteiger partial charge on any atom is 0.292 e. The Kier molecular flexibility index (Phi) is 5.52. The summed E-state index contributed by atoms with van der Waals surface area (Å²) in [6, 6.07) is 14.6. The van der Waals surface area contributed by atoms with Crippen molar-refractivity contribution in [2.45, 2.75) is 13.5 Å². The lowest BCUT2D eigenvalue weighted by molar-refractivity contribution is 0.0512. The smallest absolute Gasteiger partial charge is 0.292 e. The summed E-state index contributed by atoms with van der Waals surface area (Å²) in [5, 5.41) is 3.76. The van der Waals surface area contributed by atoms with E-state index < -0.39 is 0 Å². The summed E-state index contributed by atoms with van der Waals surface area (Å²) in [4.78, 5) is 33.5. The third-order valence-electron chi connectivity index (χ3n) is 5.57. The Hall–Kier alpha value is -4.14. The number of aryl methyl sites for hydroxylation is 1. The van der Waals surface area contributed by atoms with Crippen LogP contribution in [0.4, 0.5) is 0 Å². The maximum atomic E-state index is 13.0. The number of hydrogen-bond donors (Lipinski definition) is 0. The minimum absolute atomic E-state index is 0.0872. The van der Waals surface area contributed by atoms with Gasteiger partial charge in [-0.3, -0.25) is 9.59 Å². The summed E-state index contributed by atoms with van der Waals surface area (Å²) < 4.78 is 12.9.